The van der Waals surface area contributed by atoms with Gasteiger partial charge in [0.25, 0.3) is 0 Å². The number of nitrogens with one attached hydrogen (secondary N) is 1. The molecule has 0 fully saturated rings. The van der Waals surface area contributed by atoms with Gasteiger partial charge in [0.1, 0.15) is 0 Å². The summed E-state index contributed by atoms with van der Waals surface area (Å²) in [4.78, 5) is 14.9. The fraction of sp³-hybridized carbons (Fsp3) is 0.636. The van der Waals surface area contributed by atoms with Gasteiger partial charge in [-0.1, -0.05) is 11.3 Å². The molecule has 96 valence electrons. The van der Waals surface area contributed by atoms with E-state index in [1.807, 2.05) is 20.8 Å². The topological polar surface area (TPSA) is 51.2 Å². The van der Waals surface area contributed by atoms with Gasteiger partial charge < -0.3 is 10.1 Å². The maximum atomic E-state index is 10.8. The summed E-state index contributed by atoms with van der Waals surface area (Å²) in [6.45, 7) is 8.31. The van der Waals surface area contributed by atoms with Crippen LogP contribution in [0.4, 0.5) is 5.13 Å². The third-order valence-corrected chi connectivity index (χ3v) is 3.70. The van der Waals surface area contributed by atoms with Gasteiger partial charge in [-0.25, -0.2) is 4.98 Å². The highest BCUT2D eigenvalue weighted by Gasteiger charge is 2.09. The Labute approximate surface area is 110 Å². The van der Waals surface area contributed by atoms with E-state index in [9.17, 15) is 4.79 Å². The van der Waals surface area contributed by atoms with Crippen molar-refractivity contribution in [1.29, 1.82) is 0 Å². The first-order chi connectivity index (χ1) is 7.87. The standard InChI is InChI=1S/C11H18N2O2S2/c1-8(14)13-10-12-7-9(17-10)16-6-5-15-11(2,3)4/h7H,5-6H2,1-4H3,(H,12,13,14). The highest BCUT2D eigenvalue weighted by molar-refractivity contribution is 8.01. The molecule has 1 aromatic heterocycles. The van der Waals surface area contributed by atoms with E-state index in [4.69, 9.17) is 4.74 Å². The molecule has 1 amide bonds. The van der Waals surface area contributed by atoms with Gasteiger partial charge in [-0.05, 0) is 20.8 Å². The lowest BCUT2D eigenvalue weighted by atomic mass is 10.2. The third kappa shape index (κ3) is 6.65. The van der Waals surface area contributed by atoms with Crippen molar-refractivity contribution in [3.8, 4) is 0 Å². The van der Waals surface area contributed by atoms with Gasteiger partial charge in [0.15, 0.2) is 5.13 Å². The van der Waals surface area contributed by atoms with Crippen LogP contribution >= 0.6 is 23.1 Å². The number of anilines is 1. The van der Waals surface area contributed by atoms with Gasteiger partial charge in [-0.15, -0.1) is 11.8 Å². The maximum absolute atomic E-state index is 10.8. The lowest BCUT2D eigenvalue weighted by molar-refractivity contribution is -0.114. The minimum atomic E-state index is -0.0908. The normalized spacial score (nSPS) is 11.5. The van der Waals surface area contributed by atoms with E-state index in [0.29, 0.717) is 11.7 Å². The fourth-order valence-corrected chi connectivity index (χ4v) is 2.84. The van der Waals surface area contributed by atoms with Crippen LogP contribution in [0.25, 0.3) is 0 Å². The second-order valence-electron chi connectivity index (χ2n) is 4.47. The van der Waals surface area contributed by atoms with Crippen molar-refractivity contribution in [2.24, 2.45) is 0 Å². The molecule has 4 nitrogen and oxygen atoms in total. The number of thiazole rings is 1. The van der Waals surface area contributed by atoms with Crippen LogP contribution < -0.4 is 5.32 Å². The number of carbonyl (C=O) groups excluding carboxylic acids is 1. The van der Waals surface area contributed by atoms with Crippen molar-refractivity contribution in [3.63, 3.8) is 0 Å². The molecular weight excluding hydrogens is 256 g/mol. The van der Waals surface area contributed by atoms with E-state index in [-0.39, 0.29) is 11.5 Å². The van der Waals surface area contributed by atoms with Crippen LogP contribution in [-0.2, 0) is 9.53 Å². The first-order valence-electron chi connectivity index (χ1n) is 5.37. The van der Waals surface area contributed by atoms with Gasteiger partial charge in [-0.3, -0.25) is 4.79 Å². The summed E-state index contributed by atoms with van der Waals surface area (Å²) in [5, 5.41) is 3.31. The summed E-state index contributed by atoms with van der Waals surface area (Å²) in [6.07, 6.45) is 1.78. The van der Waals surface area contributed by atoms with Crippen LogP contribution in [0.2, 0.25) is 0 Å². The van der Waals surface area contributed by atoms with E-state index < -0.39 is 0 Å². The van der Waals surface area contributed by atoms with Crippen molar-refractivity contribution >= 4 is 34.1 Å². The Hall–Kier alpha value is -0.590. The van der Waals surface area contributed by atoms with Crippen molar-refractivity contribution in [2.75, 3.05) is 17.7 Å². The molecule has 1 N–H and O–H groups in total. The quantitative estimate of drug-likeness (QED) is 0.662. The molecule has 0 atom stereocenters. The molecule has 0 saturated heterocycles. The van der Waals surface area contributed by atoms with E-state index in [1.54, 1.807) is 18.0 Å². The Balaban J connectivity index is 2.28. The Morgan fingerprint density at radius 2 is 2.29 bits per heavy atom. The van der Waals surface area contributed by atoms with Crippen LogP contribution in [0.1, 0.15) is 27.7 Å². The summed E-state index contributed by atoms with van der Waals surface area (Å²) in [7, 11) is 0. The number of hydrogen-bond acceptors (Lipinski definition) is 5. The van der Waals surface area contributed by atoms with E-state index in [0.717, 1.165) is 9.96 Å². The molecule has 0 saturated carbocycles. The van der Waals surface area contributed by atoms with Crippen LogP contribution in [0.3, 0.4) is 0 Å². The van der Waals surface area contributed by atoms with E-state index >= 15 is 0 Å². The number of hydrogen-bond donors (Lipinski definition) is 1. The van der Waals surface area contributed by atoms with Crippen LogP contribution in [-0.4, -0.2) is 28.9 Å². The monoisotopic (exact) mass is 274 g/mol. The minimum Gasteiger partial charge on any atom is -0.375 e. The second kappa shape index (κ2) is 6.37. The number of thioether (sulfide) groups is 1. The molecule has 0 aliphatic carbocycles. The van der Waals surface area contributed by atoms with Crippen molar-refractivity contribution < 1.29 is 9.53 Å². The maximum Gasteiger partial charge on any atom is 0.223 e. The van der Waals surface area contributed by atoms with Gasteiger partial charge in [0.05, 0.1) is 22.6 Å². The molecule has 1 rings (SSSR count). The molecule has 0 aliphatic heterocycles. The third-order valence-electron chi connectivity index (χ3n) is 1.63. The number of nitrogens with zero attached hydrogens (tertiary/aromatic N) is 1. The van der Waals surface area contributed by atoms with Gasteiger partial charge in [0.2, 0.25) is 5.91 Å². The van der Waals surface area contributed by atoms with Crippen LogP contribution in [0.5, 0.6) is 0 Å². The molecule has 6 heteroatoms. The SMILES string of the molecule is CC(=O)Nc1ncc(SCCOC(C)(C)C)s1. The Bertz CT molecular complexity index is 372. The molecule has 0 bridgehead atoms. The highest BCUT2D eigenvalue weighted by atomic mass is 32.2. The summed E-state index contributed by atoms with van der Waals surface area (Å²) < 4.78 is 6.71. The van der Waals surface area contributed by atoms with Crippen molar-refractivity contribution in [3.05, 3.63) is 6.20 Å². The lowest BCUT2D eigenvalue weighted by Crippen LogP contribution is -2.20. The number of rotatable bonds is 5. The molecule has 1 aromatic rings. The highest BCUT2D eigenvalue weighted by Crippen LogP contribution is 2.28. The van der Waals surface area contributed by atoms with Gasteiger partial charge in [0, 0.05) is 12.7 Å². The number of carbonyl (C=O) groups is 1. The van der Waals surface area contributed by atoms with E-state index in [2.05, 4.69) is 10.3 Å². The zero-order valence-corrected chi connectivity index (χ0v) is 12.2. The molecule has 0 spiro atoms. The zero-order valence-electron chi connectivity index (χ0n) is 10.6. The van der Waals surface area contributed by atoms with E-state index in [1.165, 1.54) is 18.3 Å². The minimum absolute atomic E-state index is 0.0877. The average Bonchev–Trinajstić information content (AvgIpc) is 2.58. The zero-order chi connectivity index (χ0) is 12.9. The number of aromatic nitrogens is 1. The lowest BCUT2D eigenvalue weighted by Gasteiger charge is -2.18. The predicted octanol–water partition coefficient (Wildman–Crippen LogP) is 3.01. The molecule has 0 unspecified atom stereocenters. The molecule has 0 radical (unpaired) electrons. The average molecular weight is 274 g/mol. The molecule has 17 heavy (non-hydrogen) atoms. The van der Waals surface area contributed by atoms with Gasteiger partial charge in [-0.2, -0.15) is 0 Å². The number of ether oxygens (including phenoxy) is 1. The summed E-state index contributed by atoms with van der Waals surface area (Å²) >= 11 is 3.17. The summed E-state index contributed by atoms with van der Waals surface area (Å²) in [6, 6.07) is 0. The van der Waals surface area contributed by atoms with Crippen LogP contribution in [0, 0.1) is 0 Å². The predicted molar refractivity (Wildman–Crippen MR) is 72.8 cm³/mol. The fourth-order valence-electron chi connectivity index (χ4n) is 1.02. The van der Waals surface area contributed by atoms with Crippen molar-refractivity contribution in [2.45, 2.75) is 37.5 Å². The summed E-state index contributed by atoms with van der Waals surface area (Å²) in [5.41, 5.74) is -0.0877. The first kappa shape index (κ1) is 14.5. The number of amides is 1. The smallest absolute Gasteiger partial charge is 0.223 e. The Kier molecular flexibility index (Phi) is 5.42. The van der Waals surface area contributed by atoms with Crippen LogP contribution in [0.15, 0.2) is 10.4 Å². The Morgan fingerprint density at radius 1 is 1.59 bits per heavy atom. The molecule has 0 aromatic carbocycles. The summed E-state index contributed by atoms with van der Waals surface area (Å²) in [5.74, 6) is 0.797. The second-order valence-corrected chi connectivity index (χ2v) is 6.90. The molecular formula is C11H18N2O2S2. The Morgan fingerprint density at radius 3 is 2.88 bits per heavy atom. The molecule has 1 heterocycles. The largest absolute Gasteiger partial charge is 0.375 e. The molecule has 0 aliphatic rings. The first-order valence-corrected chi connectivity index (χ1v) is 7.17. The van der Waals surface area contributed by atoms with Crippen molar-refractivity contribution in [1.82, 2.24) is 4.98 Å². The van der Waals surface area contributed by atoms with Gasteiger partial charge >= 0.3 is 0 Å².